The van der Waals surface area contributed by atoms with Crippen LogP contribution in [0.2, 0.25) is 0 Å². The Bertz CT molecular complexity index is 542. The van der Waals surface area contributed by atoms with Crippen LogP contribution in [-0.2, 0) is 15.7 Å². The molecule has 1 aromatic rings. The van der Waals surface area contributed by atoms with Crippen LogP contribution in [0.5, 0.6) is 0 Å². The topological polar surface area (TPSA) is 75.6 Å². The number of aliphatic carboxylic acids is 1. The molecule has 1 aromatic carbocycles. The first-order valence-electron chi connectivity index (χ1n) is 5.70. The van der Waals surface area contributed by atoms with E-state index in [0.717, 1.165) is 12.1 Å². The minimum absolute atomic E-state index is 0.152. The minimum Gasteiger partial charge on any atom is -0.479 e. The summed E-state index contributed by atoms with van der Waals surface area (Å²) in [6.45, 7) is 3.15. The van der Waals surface area contributed by atoms with E-state index in [1.807, 2.05) is 5.32 Å². The fourth-order valence-electron chi connectivity index (χ4n) is 1.48. The molecule has 0 aromatic heterocycles. The molecule has 5 nitrogen and oxygen atoms in total. The van der Waals surface area contributed by atoms with Crippen LogP contribution in [0.4, 0.5) is 18.0 Å². The van der Waals surface area contributed by atoms with Gasteiger partial charge in [0.25, 0.3) is 0 Å². The molecule has 21 heavy (non-hydrogen) atoms. The van der Waals surface area contributed by atoms with E-state index in [4.69, 9.17) is 5.11 Å². The molecule has 1 atom stereocenters. The second-order valence-corrected chi connectivity index (χ2v) is 3.93. The minimum atomic E-state index is -4.61. The Morgan fingerprint density at radius 2 is 2.10 bits per heavy atom. The van der Waals surface area contributed by atoms with E-state index in [1.54, 1.807) is 0 Å². The van der Waals surface area contributed by atoms with Crippen molar-refractivity contribution in [2.24, 2.45) is 0 Å². The van der Waals surface area contributed by atoms with Gasteiger partial charge >= 0.3 is 18.2 Å². The van der Waals surface area contributed by atoms with Crippen molar-refractivity contribution < 1.29 is 32.6 Å². The molecule has 1 unspecified atom stereocenters. The third-order valence-electron chi connectivity index (χ3n) is 2.39. The molecule has 114 valence electrons. The number of ether oxygens (including phenoxy) is 1. The Labute approximate surface area is 118 Å². The van der Waals surface area contributed by atoms with Crippen molar-refractivity contribution in [1.82, 2.24) is 5.32 Å². The highest BCUT2D eigenvalue weighted by Crippen LogP contribution is 2.30. The third-order valence-corrected chi connectivity index (χ3v) is 2.39. The number of rotatable bonds is 5. The van der Waals surface area contributed by atoms with Gasteiger partial charge in [-0.1, -0.05) is 24.8 Å². The van der Waals surface area contributed by atoms with Crippen LogP contribution in [0.15, 0.2) is 36.9 Å². The van der Waals surface area contributed by atoms with E-state index < -0.39 is 29.8 Å². The summed E-state index contributed by atoms with van der Waals surface area (Å²) in [4.78, 5) is 22.4. The van der Waals surface area contributed by atoms with Crippen molar-refractivity contribution >= 4 is 12.1 Å². The molecule has 1 amide bonds. The highest BCUT2D eigenvalue weighted by atomic mass is 19.4. The molecule has 1 rings (SSSR count). The van der Waals surface area contributed by atoms with Crippen LogP contribution in [0.1, 0.15) is 17.2 Å². The Balaban J connectivity index is 2.98. The smallest absolute Gasteiger partial charge is 0.416 e. The number of carbonyl (C=O) groups excluding carboxylic acids is 1. The molecule has 0 heterocycles. The number of nitrogens with one attached hydrogen (secondary N) is 1. The molecule has 0 saturated heterocycles. The number of alkyl halides is 3. The van der Waals surface area contributed by atoms with Gasteiger partial charge in [-0.15, -0.1) is 0 Å². The molecule has 8 heteroatoms. The predicted octanol–water partition coefficient (Wildman–Crippen LogP) is 2.74. The van der Waals surface area contributed by atoms with Crippen LogP contribution in [-0.4, -0.2) is 23.8 Å². The third kappa shape index (κ3) is 4.83. The standard InChI is InChI=1S/C13H12F3NO4/c1-2-6-21-12(20)17-10(11(18)19)8-4-3-5-9(7-8)13(14,15)16/h2-5,7,10H,1,6H2,(H,17,20)(H,18,19). The average molecular weight is 303 g/mol. The Morgan fingerprint density at radius 3 is 2.62 bits per heavy atom. The van der Waals surface area contributed by atoms with Crippen molar-refractivity contribution in [1.29, 1.82) is 0 Å². The van der Waals surface area contributed by atoms with Gasteiger partial charge in [0.05, 0.1) is 5.56 Å². The first-order valence-corrected chi connectivity index (χ1v) is 5.70. The Morgan fingerprint density at radius 1 is 1.43 bits per heavy atom. The molecule has 0 aliphatic rings. The molecular formula is C13H12F3NO4. The lowest BCUT2D eigenvalue weighted by molar-refractivity contribution is -0.140. The summed E-state index contributed by atoms with van der Waals surface area (Å²) < 4.78 is 42.3. The SMILES string of the molecule is C=CCOC(=O)NC(C(=O)O)c1cccc(C(F)(F)F)c1. The van der Waals surface area contributed by atoms with E-state index in [1.165, 1.54) is 12.1 Å². The predicted molar refractivity (Wildman–Crippen MR) is 66.5 cm³/mol. The normalized spacial score (nSPS) is 12.3. The van der Waals surface area contributed by atoms with E-state index >= 15 is 0 Å². The van der Waals surface area contributed by atoms with Gasteiger partial charge < -0.3 is 15.2 Å². The summed E-state index contributed by atoms with van der Waals surface area (Å²) in [7, 11) is 0. The first-order chi connectivity index (χ1) is 9.75. The number of amides is 1. The monoisotopic (exact) mass is 303 g/mol. The summed E-state index contributed by atoms with van der Waals surface area (Å²) in [5.74, 6) is -1.51. The summed E-state index contributed by atoms with van der Waals surface area (Å²) >= 11 is 0. The number of carboxylic acid groups (broad SMARTS) is 1. The highest BCUT2D eigenvalue weighted by Gasteiger charge is 2.32. The van der Waals surface area contributed by atoms with Gasteiger partial charge in [0.15, 0.2) is 6.04 Å². The molecule has 2 N–H and O–H groups in total. The Kier molecular flexibility index (Phi) is 5.34. The van der Waals surface area contributed by atoms with Gasteiger partial charge in [-0.05, 0) is 17.7 Å². The van der Waals surface area contributed by atoms with Gasteiger partial charge in [0.1, 0.15) is 6.61 Å². The molecule has 0 spiro atoms. The van der Waals surface area contributed by atoms with Gasteiger partial charge in [-0.3, -0.25) is 0 Å². The second-order valence-electron chi connectivity index (χ2n) is 3.93. The fraction of sp³-hybridized carbons (Fsp3) is 0.231. The number of halogens is 3. The largest absolute Gasteiger partial charge is 0.479 e. The zero-order valence-corrected chi connectivity index (χ0v) is 10.7. The van der Waals surface area contributed by atoms with E-state index in [2.05, 4.69) is 11.3 Å². The zero-order chi connectivity index (χ0) is 16.0. The summed E-state index contributed by atoms with van der Waals surface area (Å²) in [5.41, 5.74) is -1.22. The summed E-state index contributed by atoms with van der Waals surface area (Å²) in [5, 5.41) is 11.0. The molecule has 0 aliphatic heterocycles. The number of benzene rings is 1. The zero-order valence-electron chi connectivity index (χ0n) is 10.7. The maximum Gasteiger partial charge on any atom is 0.416 e. The summed E-state index contributed by atoms with van der Waals surface area (Å²) in [6, 6.07) is 2.04. The molecular weight excluding hydrogens is 291 g/mol. The van der Waals surface area contributed by atoms with Gasteiger partial charge in [0, 0.05) is 0 Å². The summed E-state index contributed by atoms with van der Waals surface area (Å²) in [6.07, 6.45) is -4.41. The lowest BCUT2D eigenvalue weighted by Crippen LogP contribution is -2.34. The lowest BCUT2D eigenvalue weighted by Gasteiger charge is -2.16. The Hall–Kier alpha value is -2.51. The number of hydrogen-bond donors (Lipinski definition) is 2. The molecule has 0 radical (unpaired) electrons. The van der Waals surface area contributed by atoms with Crippen LogP contribution in [0.3, 0.4) is 0 Å². The number of hydrogen-bond acceptors (Lipinski definition) is 3. The van der Waals surface area contributed by atoms with Crippen LogP contribution in [0.25, 0.3) is 0 Å². The van der Waals surface area contributed by atoms with Crippen molar-refractivity contribution in [2.75, 3.05) is 6.61 Å². The molecule has 0 bridgehead atoms. The first kappa shape index (κ1) is 16.5. The number of carboxylic acids is 1. The maximum absolute atomic E-state index is 12.6. The molecule has 0 fully saturated rings. The van der Waals surface area contributed by atoms with Gasteiger partial charge in [-0.25, -0.2) is 9.59 Å². The highest BCUT2D eigenvalue weighted by molar-refractivity contribution is 5.81. The van der Waals surface area contributed by atoms with Crippen LogP contribution in [0, 0.1) is 0 Å². The number of alkyl carbamates (subject to hydrolysis) is 1. The molecule has 0 saturated carbocycles. The van der Waals surface area contributed by atoms with Crippen LogP contribution < -0.4 is 5.32 Å². The maximum atomic E-state index is 12.6. The van der Waals surface area contributed by atoms with E-state index in [0.29, 0.717) is 6.07 Å². The van der Waals surface area contributed by atoms with Crippen molar-refractivity contribution in [3.05, 3.63) is 48.0 Å². The number of carbonyl (C=O) groups is 2. The molecule has 0 aliphatic carbocycles. The van der Waals surface area contributed by atoms with E-state index in [-0.39, 0.29) is 12.2 Å². The van der Waals surface area contributed by atoms with Crippen LogP contribution >= 0.6 is 0 Å². The fourth-order valence-corrected chi connectivity index (χ4v) is 1.48. The van der Waals surface area contributed by atoms with E-state index in [9.17, 15) is 22.8 Å². The lowest BCUT2D eigenvalue weighted by atomic mass is 10.0. The average Bonchev–Trinajstić information content (AvgIpc) is 2.41. The van der Waals surface area contributed by atoms with Crippen molar-refractivity contribution in [2.45, 2.75) is 12.2 Å². The quantitative estimate of drug-likeness (QED) is 0.820. The van der Waals surface area contributed by atoms with Gasteiger partial charge in [0.2, 0.25) is 0 Å². The second kappa shape index (κ2) is 6.78. The van der Waals surface area contributed by atoms with Crippen molar-refractivity contribution in [3.8, 4) is 0 Å². The van der Waals surface area contributed by atoms with Gasteiger partial charge in [-0.2, -0.15) is 13.2 Å². The van der Waals surface area contributed by atoms with Crippen molar-refractivity contribution in [3.63, 3.8) is 0 Å².